The Hall–Kier alpha value is -1.75. The number of amides is 1. The molecule has 0 radical (unpaired) electrons. The molecule has 2 aromatic rings. The molecule has 0 aliphatic heterocycles. The third-order valence-corrected chi connectivity index (χ3v) is 3.43. The van der Waals surface area contributed by atoms with Gasteiger partial charge in [-0.25, -0.2) is 9.37 Å². The Morgan fingerprint density at radius 1 is 1.32 bits per heavy atom. The summed E-state index contributed by atoms with van der Waals surface area (Å²) in [5.41, 5.74) is 2.93. The SMILES string of the molecule is CC(C)C(NC(=O)c1cscn1)c1ccc(F)cc1. The lowest BCUT2D eigenvalue weighted by atomic mass is 9.96. The maximum absolute atomic E-state index is 12.9. The van der Waals surface area contributed by atoms with Crippen molar-refractivity contribution in [1.82, 2.24) is 10.3 Å². The van der Waals surface area contributed by atoms with E-state index in [1.54, 1.807) is 23.0 Å². The second-order valence-corrected chi connectivity index (χ2v) is 5.34. The highest BCUT2D eigenvalue weighted by atomic mass is 32.1. The predicted molar refractivity (Wildman–Crippen MR) is 73.6 cm³/mol. The molecule has 0 aliphatic carbocycles. The van der Waals surface area contributed by atoms with Gasteiger partial charge in [0.25, 0.3) is 5.91 Å². The minimum atomic E-state index is -0.280. The van der Waals surface area contributed by atoms with Crippen molar-refractivity contribution in [3.8, 4) is 0 Å². The van der Waals surface area contributed by atoms with Crippen LogP contribution in [0.5, 0.6) is 0 Å². The zero-order valence-corrected chi connectivity index (χ0v) is 11.6. The van der Waals surface area contributed by atoms with Crippen LogP contribution in [0.25, 0.3) is 0 Å². The third-order valence-electron chi connectivity index (χ3n) is 2.85. The minimum absolute atomic E-state index is 0.158. The van der Waals surface area contributed by atoms with E-state index in [1.807, 2.05) is 13.8 Å². The lowest BCUT2D eigenvalue weighted by Gasteiger charge is -2.22. The Balaban J connectivity index is 2.17. The van der Waals surface area contributed by atoms with Gasteiger partial charge in [0.2, 0.25) is 0 Å². The van der Waals surface area contributed by atoms with Crippen LogP contribution in [-0.4, -0.2) is 10.9 Å². The molecule has 1 amide bonds. The van der Waals surface area contributed by atoms with Crippen molar-refractivity contribution in [1.29, 1.82) is 0 Å². The Morgan fingerprint density at radius 2 is 2.00 bits per heavy atom. The maximum Gasteiger partial charge on any atom is 0.271 e. The second-order valence-electron chi connectivity index (χ2n) is 4.62. The number of thiazole rings is 1. The molecule has 0 fully saturated rings. The summed E-state index contributed by atoms with van der Waals surface area (Å²) in [7, 11) is 0. The smallest absolute Gasteiger partial charge is 0.271 e. The van der Waals surface area contributed by atoms with E-state index in [0.29, 0.717) is 5.69 Å². The van der Waals surface area contributed by atoms with E-state index in [9.17, 15) is 9.18 Å². The molecule has 0 aliphatic rings. The molecule has 3 nitrogen and oxygen atoms in total. The van der Waals surface area contributed by atoms with Crippen molar-refractivity contribution in [2.75, 3.05) is 0 Å². The zero-order chi connectivity index (χ0) is 13.8. The van der Waals surface area contributed by atoms with Gasteiger partial charge >= 0.3 is 0 Å². The summed E-state index contributed by atoms with van der Waals surface area (Å²) < 4.78 is 12.9. The van der Waals surface area contributed by atoms with Gasteiger partial charge in [0.05, 0.1) is 11.6 Å². The lowest BCUT2D eigenvalue weighted by Crippen LogP contribution is -2.31. The highest BCUT2D eigenvalue weighted by Gasteiger charge is 2.19. The average molecular weight is 278 g/mol. The molecular weight excluding hydrogens is 263 g/mol. The largest absolute Gasteiger partial charge is 0.344 e. The quantitative estimate of drug-likeness (QED) is 0.931. The summed E-state index contributed by atoms with van der Waals surface area (Å²) in [5, 5.41) is 4.64. The van der Waals surface area contributed by atoms with E-state index in [1.165, 1.54) is 23.5 Å². The van der Waals surface area contributed by atoms with E-state index in [0.717, 1.165) is 5.56 Å². The van der Waals surface area contributed by atoms with E-state index in [4.69, 9.17) is 0 Å². The van der Waals surface area contributed by atoms with Gasteiger partial charge in [0.1, 0.15) is 11.5 Å². The van der Waals surface area contributed by atoms with Gasteiger partial charge in [0.15, 0.2) is 0 Å². The summed E-state index contributed by atoms with van der Waals surface area (Å²) in [5.74, 6) is -0.283. The van der Waals surface area contributed by atoms with E-state index >= 15 is 0 Å². The standard InChI is InChI=1S/C14H15FN2OS/c1-9(2)13(10-3-5-11(15)6-4-10)17-14(18)12-7-19-8-16-12/h3-9,13H,1-2H3,(H,17,18). The third kappa shape index (κ3) is 3.38. The van der Waals surface area contributed by atoms with Crippen LogP contribution in [0.3, 0.4) is 0 Å². The van der Waals surface area contributed by atoms with Crippen molar-refractivity contribution in [2.24, 2.45) is 5.92 Å². The zero-order valence-electron chi connectivity index (χ0n) is 10.8. The van der Waals surface area contributed by atoms with Crippen molar-refractivity contribution in [3.63, 3.8) is 0 Å². The monoisotopic (exact) mass is 278 g/mol. The van der Waals surface area contributed by atoms with Crippen molar-refractivity contribution < 1.29 is 9.18 Å². The highest BCUT2D eigenvalue weighted by Crippen LogP contribution is 2.22. The van der Waals surface area contributed by atoms with E-state index in [-0.39, 0.29) is 23.7 Å². The number of aromatic nitrogens is 1. The number of halogens is 1. The van der Waals surface area contributed by atoms with Gasteiger partial charge in [-0.15, -0.1) is 11.3 Å². The molecular formula is C14H15FN2OS. The highest BCUT2D eigenvalue weighted by molar-refractivity contribution is 7.07. The molecule has 19 heavy (non-hydrogen) atoms. The number of nitrogens with one attached hydrogen (secondary N) is 1. The minimum Gasteiger partial charge on any atom is -0.344 e. The van der Waals surface area contributed by atoms with Crippen molar-refractivity contribution >= 4 is 17.2 Å². The fraction of sp³-hybridized carbons (Fsp3) is 0.286. The van der Waals surface area contributed by atoms with Crippen molar-refractivity contribution in [3.05, 3.63) is 52.2 Å². The second kappa shape index (κ2) is 5.93. The first kappa shape index (κ1) is 13.7. The molecule has 100 valence electrons. The normalized spacial score (nSPS) is 12.4. The summed E-state index contributed by atoms with van der Waals surface area (Å²) in [4.78, 5) is 16.0. The van der Waals surface area contributed by atoms with Crippen LogP contribution in [0.4, 0.5) is 4.39 Å². The Kier molecular flexibility index (Phi) is 4.27. The van der Waals surface area contributed by atoms with Crippen LogP contribution in [-0.2, 0) is 0 Å². The van der Waals surface area contributed by atoms with Gasteiger partial charge in [-0.3, -0.25) is 4.79 Å². The molecule has 2 rings (SSSR count). The number of benzene rings is 1. The fourth-order valence-electron chi connectivity index (χ4n) is 1.84. The first-order valence-corrected chi connectivity index (χ1v) is 6.96. The first-order valence-electron chi connectivity index (χ1n) is 6.02. The number of hydrogen-bond acceptors (Lipinski definition) is 3. The Morgan fingerprint density at radius 3 is 2.53 bits per heavy atom. The van der Waals surface area contributed by atoms with Crippen LogP contribution in [0, 0.1) is 11.7 Å². The molecule has 1 N–H and O–H groups in total. The molecule has 0 saturated carbocycles. The van der Waals surface area contributed by atoms with Crippen LogP contribution in [0.15, 0.2) is 35.2 Å². The van der Waals surface area contributed by atoms with Crippen LogP contribution >= 0.6 is 11.3 Å². The summed E-state index contributed by atoms with van der Waals surface area (Å²) in [6, 6.07) is 6.04. The van der Waals surface area contributed by atoms with Crippen molar-refractivity contribution in [2.45, 2.75) is 19.9 Å². The van der Waals surface area contributed by atoms with Gasteiger partial charge < -0.3 is 5.32 Å². The number of nitrogens with zero attached hydrogens (tertiary/aromatic N) is 1. The maximum atomic E-state index is 12.9. The van der Waals surface area contributed by atoms with Crippen LogP contribution in [0.1, 0.15) is 35.9 Å². The molecule has 1 atom stereocenters. The molecule has 0 bridgehead atoms. The molecule has 1 heterocycles. The molecule has 1 aromatic carbocycles. The first-order chi connectivity index (χ1) is 9.08. The molecule has 1 aromatic heterocycles. The Labute approximate surface area is 115 Å². The van der Waals surface area contributed by atoms with Crippen LogP contribution < -0.4 is 5.32 Å². The van der Waals surface area contributed by atoms with E-state index in [2.05, 4.69) is 10.3 Å². The number of carbonyl (C=O) groups is 1. The number of rotatable bonds is 4. The molecule has 5 heteroatoms. The van der Waals surface area contributed by atoms with E-state index < -0.39 is 0 Å². The topological polar surface area (TPSA) is 42.0 Å². The van der Waals surface area contributed by atoms with Gasteiger partial charge in [-0.05, 0) is 23.6 Å². The summed E-state index contributed by atoms with van der Waals surface area (Å²) in [6.45, 7) is 4.02. The van der Waals surface area contributed by atoms with Crippen LogP contribution in [0.2, 0.25) is 0 Å². The molecule has 0 saturated heterocycles. The number of carbonyl (C=O) groups excluding carboxylic acids is 1. The lowest BCUT2D eigenvalue weighted by molar-refractivity contribution is 0.0921. The number of hydrogen-bond donors (Lipinski definition) is 1. The summed E-state index contributed by atoms with van der Waals surface area (Å²) in [6.07, 6.45) is 0. The molecule has 0 spiro atoms. The fourth-order valence-corrected chi connectivity index (χ4v) is 2.38. The average Bonchev–Trinajstić information content (AvgIpc) is 2.90. The summed E-state index contributed by atoms with van der Waals surface area (Å²) >= 11 is 1.38. The van der Waals surface area contributed by atoms with Gasteiger partial charge in [-0.2, -0.15) is 0 Å². The van der Waals surface area contributed by atoms with Gasteiger partial charge in [-0.1, -0.05) is 26.0 Å². The van der Waals surface area contributed by atoms with Gasteiger partial charge in [0, 0.05) is 5.38 Å². The Bertz CT molecular complexity index is 537. The predicted octanol–water partition coefficient (Wildman–Crippen LogP) is 3.41. The molecule has 1 unspecified atom stereocenters.